The highest BCUT2D eigenvalue weighted by Gasteiger charge is 2.13. The zero-order chi connectivity index (χ0) is 20.4. The normalized spacial score (nSPS) is 11.0. The van der Waals surface area contributed by atoms with Gasteiger partial charge >= 0.3 is 0 Å². The minimum Gasteiger partial charge on any atom is -0.325 e. The third-order valence-electron chi connectivity index (χ3n) is 4.53. The Hall–Kier alpha value is -3.26. The van der Waals surface area contributed by atoms with Crippen molar-refractivity contribution in [2.45, 2.75) is 18.9 Å². The van der Waals surface area contributed by atoms with E-state index in [-0.39, 0.29) is 17.5 Å². The van der Waals surface area contributed by atoms with Crippen LogP contribution in [0.1, 0.15) is 11.1 Å². The van der Waals surface area contributed by atoms with Crippen LogP contribution >= 0.6 is 11.8 Å². The summed E-state index contributed by atoms with van der Waals surface area (Å²) in [5.41, 5.74) is 4.54. The van der Waals surface area contributed by atoms with E-state index in [1.54, 1.807) is 10.9 Å². The maximum absolute atomic E-state index is 13.0. The maximum Gasteiger partial charge on any atom is 0.234 e. The zero-order valence-corrected chi connectivity index (χ0v) is 16.7. The number of halogens is 1. The highest BCUT2D eigenvalue weighted by atomic mass is 32.2. The number of amides is 1. The van der Waals surface area contributed by atoms with E-state index in [1.165, 1.54) is 53.5 Å². The zero-order valence-electron chi connectivity index (χ0n) is 15.9. The van der Waals surface area contributed by atoms with E-state index < -0.39 is 0 Å². The van der Waals surface area contributed by atoms with Gasteiger partial charge in [0.25, 0.3) is 0 Å². The number of hydrogen-bond donors (Lipinski definition) is 1. The molecule has 29 heavy (non-hydrogen) atoms. The number of nitrogens with one attached hydrogen (secondary N) is 1. The molecule has 4 rings (SSSR count). The van der Waals surface area contributed by atoms with E-state index in [9.17, 15) is 9.18 Å². The Bertz CT molecular complexity index is 1190. The first-order chi connectivity index (χ1) is 14.0. The van der Waals surface area contributed by atoms with Gasteiger partial charge in [0.2, 0.25) is 5.91 Å². The fourth-order valence-corrected chi connectivity index (χ4v) is 3.61. The number of hydrogen-bond acceptors (Lipinski definition) is 5. The molecule has 0 spiro atoms. The molecule has 0 saturated carbocycles. The largest absolute Gasteiger partial charge is 0.325 e. The predicted molar refractivity (Wildman–Crippen MR) is 112 cm³/mol. The van der Waals surface area contributed by atoms with Crippen LogP contribution in [-0.2, 0) is 4.79 Å². The number of benzene rings is 2. The van der Waals surface area contributed by atoms with Gasteiger partial charge in [0.1, 0.15) is 17.2 Å². The second-order valence-corrected chi connectivity index (χ2v) is 7.55. The molecule has 0 radical (unpaired) electrons. The van der Waals surface area contributed by atoms with Crippen LogP contribution in [0, 0.1) is 19.7 Å². The topological polar surface area (TPSA) is 72.7 Å². The number of aryl methyl sites for hydroxylation is 2. The lowest BCUT2D eigenvalue weighted by atomic mass is 10.1. The molecule has 6 nitrogen and oxygen atoms in total. The lowest BCUT2D eigenvalue weighted by molar-refractivity contribution is -0.113. The lowest BCUT2D eigenvalue weighted by Gasteiger charge is -2.07. The first-order valence-electron chi connectivity index (χ1n) is 8.96. The summed E-state index contributed by atoms with van der Waals surface area (Å²) < 4.78 is 14.7. The third kappa shape index (κ3) is 4.12. The maximum atomic E-state index is 13.0. The molecule has 0 saturated heterocycles. The van der Waals surface area contributed by atoms with Gasteiger partial charge in [-0.25, -0.2) is 19.0 Å². The van der Waals surface area contributed by atoms with E-state index in [0.717, 1.165) is 11.1 Å². The molecule has 0 fully saturated rings. The summed E-state index contributed by atoms with van der Waals surface area (Å²) in [5.74, 6) is -0.380. The Kier molecular flexibility index (Phi) is 5.26. The molecule has 1 amide bonds. The molecule has 2 aromatic carbocycles. The summed E-state index contributed by atoms with van der Waals surface area (Å²) in [5, 5.41) is 8.67. The SMILES string of the molecule is Cc1ccc(-n2ncc3c(SCC(=O)Nc4ccc(F)cc4)ncnc32)cc1C. The van der Waals surface area contributed by atoms with Gasteiger partial charge in [0.05, 0.1) is 23.0 Å². The smallest absolute Gasteiger partial charge is 0.234 e. The summed E-state index contributed by atoms with van der Waals surface area (Å²) >= 11 is 1.30. The minimum atomic E-state index is -0.346. The molecule has 146 valence electrons. The highest BCUT2D eigenvalue weighted by Crippen LogP contribution is 2.26. The van der Waals surface area contributed by atoms with Crippen molar-refractivity contribution in [3.8, 4) is 5.69 Å². The Balaban J connectivity index is 1.52. The first kappa shape index (κ1) is 19.1. The van der Waals surface area contributed by atoms with Crippen molar-refractivity contribution in [3.63, 3.8) is 0 Å². The van der Waals surface area contributed by atoms with Crippen LogP contribution in [0.3, 0.4) is 0 Å². The fraction of sp³-hybridized carbons (Fsp3) is 0.143. The van der Waals surface area contributed by atoms with Crippen LogP contribution < -0.4 is 5.32 Å². The summed E-state index contributed by atoms with van der Waals surface area (Å²) in [7, 11) is 0. The van der Waals surface area contributed by atoms with Crippen LogP contribution in [0.5, 0.6) is 0 Å². The van der Waals surface area contributed by atoms with Gasteiger partial charge in [-0.2, -0.15) is 5.10 Å². The van der Waals surface area contributed by atoms with Gasteiger partial charge in [0, 0.05) is 5.69 Å². The summed E-state index contributed by atoms with van der Waals surface area (Å²) in [6.07, 6.45) is 3.19. The standard InChI is InChI=1S/C21H18FN5OS/c1-13-3-8-17(9-14(13)2)27-20-18(10-25-27)21(24-12-23-20)29-11-19(28)26-16-6-4-15(22)5-7-16/h3-10,12H,11H2,1-2H3,(H,26,28). The number of carbonyl (C=O) groups is 1. The van der Waals surface area contributed by atoms with Crippen LogP contribution in [0.4, 0.5) is 10.1 Å². The van der Waals surface area contributed by atoms with Crippen LogP contribution in [-0.4, -0.2) is 31.4 Å². The summed E-state index contributed by atoms with van der Waals surface area (Å²) in [6.45, 7) is 4.12. The molecule has 1 N–H and O–H groups in total. The number of thioether (sulfide) groups is 1. The molecule has 4 aromatic rings. The van der Waals surface area contributed by atoms with Crippen LogP contribution in [0.15, 0.2) is 60.0 Å². The molecule has 0 bridgehead atoms. The van der Waals surface area contributed by atoms with Crippen molar-refractivity contribution in [2.24, 2.45) is 0 Å². The Morgan fingerprint density at radius 1 is 1.10 bits per heavy atom. The van der Waals surface area contributed by atoms with Crippen molar-refractivity contribution in [1.29, 1.82) is 0 Å². The molecule has 0 unspecified atom stereocenters. The molecular formula is C21H18FN5OS. The fourth-order valence-electron chi connectivity index (χ4n) is 2.85. The van der Waals surface area contributed by atoms with Crippen LogP contribution in [0.2, 0.25) is 0 Å². The second-order valence-electron chi connectivity index (χ2n) is 6.58. The average molecular weight is 407 g/mol. The number of nitrogens with zero attached hydrogens (tertiary/aromatic N) is 4. The minimum absolute atomic E-state index is 0.165. The number of anilines is 1. The second kappa shape index (κ2) is 8.00. The molecule has 8 heteroatoms. The van der Waals surface area contributed by atoms with Gasteiger partial charge in [-0.05, 0) is 61.4 Å². The van der Waals surface area contributed by atoms with Crippen molar-refractivity contribution >= 4 is 34.4 Å². The van der Waals surface area contributed by atoms with Gasteiger partial charge < -0.3 is 5.32 Å². The van der Waals surface area contributed by atoms with E-state index in [0.29, 0.717) is 16.4 Å². The summed E-state index contributed by atoms with van der Waals surface area (Å²) in [4.78, 5) is 20.9. The van der Waals surface area contributed by atoms with Crippen molar-refractivity contribution in [2.75, 3.05) is 11.1 Å². The Morgan fingerprint density at radius 3 is 2.66 bits per heavy atom. The number of aromatic nitrogens is 4. The molecule has 0 aliphatic rings. The lowest BCUT2D eigenvalue weighted by Crippen LogP contribution is -2.14. The highest BCUT2D eigenvalue weighted by molar-refractivity contribution is 8.00. The molecule has 0 atom stereocenters. The number of fused-ring (bicyclic) bond motifs is 1. The Morgan fingerprint density at radius 2 is 1.90 bits per heavy atom. The van der Waals surface area contributed by atoms with Gasteiger partial charge in [-0.15, -0.1) is 0 Å². The molecule has 2 aromatic heterocycles. The molecule has 2 heterocycles. The summed E-state index contributed by atoms with van der Waals surface area (Å²) in [6, 6.07) is 11.8. The van der Waals surface area contributed by atoms with E-state index in [4.69, 9.17) is 0 Å². The van der Waals surface area contributed by atoms with E-state index in [1.807, 2.05) is 6.07 Å². The average Bonchev–Trinajstić information content (AvgIpc) is 3.15. The van der Waals surface area contributed by atoms with E-state index in [2.05, 4.69) is 46.4 Å². The monoisotopic (exact) mass is 407 g/mol. The van der Waals surface area contributed by atoms with Gasteiger partial charge in [0.15, 0.2) is 5.65 Å². The molecule has 0 aliphatic carbocycles. The van der Waals surface area contributed by atoms with Crippen LogP contribution in [0.25, 0.3) is 16.7 Å². The predicted octanol–water partition coefficient (Wildman–Crippen LogP) is 4.30. The first-order valence-corrected chi connectivity index (χ1v) is 9.94. The van der Waals surface area contributed by atoms with Gasteiger partial charge in [-0.1, -0.05) is 17.8 Å². The Labute approximate surface area is 171 Å². The molecular weight excluding hydrogens is 389 g/mol. The van der Waals surface area contributed by atoms with Crippen molar-refractivity contribution in [3.05, 3.63) is 71.9 Å². The van der Waals surface area contributed by atoms with Gasteiger partial charge in [-0.3, -0.25) is 4.79 Å². The number of carbonyl (C=O) groups excluding carboxylic acids is 1. The molecule has 0 aliphatic heterocycles. The van der Waals surface area contributed by atoms with Crippen molar-refractivity contribution < 1.29 is 9.18 Å². The number of rotatable bonds is 5. The third-order valence-corrected chi connectivity index (χ3v) is 5.54. The van der Waals surface area contributed by atoms with Crippen molar-refractivity contribution in [1.82, 2.24) is 19.7 Å². The van der Waals surface area contributed by atoms with E-state index >= 15 is 0 Å². The quantitative estimate of drug-likeness (QED) is 0.394.